The van der Waals surface area contributed by atoms with Crippen LogP contribution in [0.5, 0.6) is 5.75 Å². The summed E-state index contributed by atoms with van der Waals surface area (Å²) in [6.45, 7) is 4.54. The van der Waals surface area contributed by atoms with Crippen LogP contribution in [0, 0.1) is 0 Å². The number of amides is 2. The van der Waals surface area contributed by atoms with Crippen molar-refractivity contribution in [2.45, 2.75) is 32.5 Å². The Kier molecular flexibility index (Phi) is 4.01. The SMILES string of the molecule is CCn1nccc1CN(C)C(=O)C1(C)Oc2ccccc2NC1=O. The number of benzene rings is 1. The molecular formula is C17H20N4O3. The van der Waals surface area contributed by atoms with Crippen molar-refractivity contribution < 1.29 is 14.3 Å². The molecule has 0 saturated carbocycles. The van der Waals surface area contributed by atoms with Gasteiger partial charge in [-0.3, -0.25) is 14.3 Å². The fraction of sp³-hybridized carbons (Fsp3) is 0.353. The number of nitrogens with zero attached hydrogens (tertiary/aromatic N) is 3. The molecular weight excluding hydrogens is 308 g/mol. The summed E-state index contributed by atoms with van der Waals surface area (Å²) >= 11 is 0. The highest BCUT2D eigenvalue weighted by atomic mass is 16.5. The average molecular weight is 328 g/mol. The van der Waals surface area contributed by atoms with Crippen molar-refractivity contribution in [2.75, 3.05) is 12.4 Å². The molecule has 2 heterocycles. The van der Waals surface area contributed by atoms with Crippen LogP contribution >= 0.6 is 0 Å². The molecule has 7 nitrogen and oxygen atoms in total. The Balaban J connectivity index is 1.82. The van der Waals surface area contributed by atoms with Gasteiger partial charge in [-0.25, -0.2) is 0 Å². The van der Waals surface area contributed by atoms with Gasteiger partial charge in [0.25, 0.3) is 17.4 Å². The Hall–Kier alpha value is -2.83. The van der Waals surface area contributed by atoms with Crippen molar-refractivity contribution in [1.29, 1.82) is 0 Å². The minimum atomic E-state index is -1.60. The summed E-state index contributed by atoms with van der Waals surface area (Å²) in [5.74, 6) is -0.389. The molecule has 0 aliphatic carbocycles. The maximum absolute atomic E-state index is 12.9. The molecule has 24 heavy (non-hydrogen) atoms. The van der Waals surface area contributed by atoms with Crippen LogP contribution in [0.2, 0.25) is 0 Å². The number of ether oxygens (including phenoxy) is 1. The topological polar surface area (TPSA) is 76.5 Å². The van der Waals surface area contributed by atoms with E-state index < -0.39 is 17.4 Å². The van der Waals surface area contributed by atoms with Crippen molar-refractivity contribution in [3.05, 3.63) is 42.2 Å². The molecule has 126 valence electrons. The molecule has 1 atom stereocenters. The normalized spacial score (nSPS) is 19.2. The Morgan fingerprint density at radius 1 is 1.38 bits per heavy atom. The molecule has 1 unspecified atom stereocenters. The van der Waals surface area contributed by atoms with Gasteiger partial charge in [0.2, 0.25) is 0 Å². The first-order valence-electron chi connectivity index (χ1n) is 7.81. The molecule has 1 aliphatic rings. The van der Waals surface area contributed by atoms with E-state index >= 15 is 0 Å². The Bertz CT molecular complexity index is 786. The van der Waals surface area contributed by atoms with E-state index in [2.05, 4.69) is 10.4 Å². The highest BCUT2D eigenvalue weighted by molar-refractivity contribution is 6.15. The lowest BCUT2D eigenvalue weighted by Crippen LogP contribution is -2.58. The highest BCUT2D eigenvalue weighted by Crippen LogP contribution is 2.34. The summed E-state index contributed by atoms with van der Waals surface area (Å²) in [7, 11) is 1.65. The molecule has 1 aliphatic heterocycles. The number of carbonyl (C=O) groups is 2. The number of anilines is 1. The first-order valence-corrected chi connectivity index (χ1v) is 7.81. The monoisotopic (exact) mass is 328 g/mol. The Morgan fingerprint density at radius 2 is 2.12 bits per heavy atom. The van der Waals surface area contributed by atoms with Crippen LogP contribution in [0.25, 0.3) is 0 Å². The van der Waals surface area contributed by atoms with E-state index in [1.54, 1.807) is 37.5 Å². The van der Waals surface area contributed by atoms with Gasteiger partial charge in [0.05, 0.1) is 17.9 Å². The number of fused-ring (bicyclic) bond motifs is 1. The van der Waals surface area contributed by atoms with Gasteiger partial charge in [0, 0.05) is 19.8 Å². The molecule has 0 saturated heterocycles. The largest absolute Gasteiger partial charge is 0.466 e. The second-order valence-electron chi connectivity index (χ2n) is 5.89. The minimum Gasteiger partial charge on any atom is -0.466 e. The third-order valence-corrected chi connectivity index (χ3v) is 4.14. The van der Waals surface area contributed by atoms with E-state index in [-0.39, 0.29) is 0 Å². The summed E-state index contributed by atoms with van der Waals surface area (Å²) in [5, 5.41) is 6.93. The van der Waals surface area contributed by atoms with Crippen molar-refractivity contribution in [3.8, 4) is 5.75 Å². The number of para-hydroxylation sites is 2. The zero-order valence-corrected chi connectivity index (χ0v) is 13.9. The first-order chi connectivity index (χ1) is 11.5. The lowest BCUT2D eigenvalue weighted by Gasteiger charge is -2.35. The molecule has 1 aromatic heterocycles. The van der Waals surface area contributed by atoms with Crippen molar-refractivity contribution >= 4 is 17.5 Å². The smallest absolute Gasteiger partial charge is 0.278 e. The summed E-state index contributed by atoms with van der Waals surface area (Å²) in [6.07, 6.45) is 1.69. The molecule has 0 spiro atoms. The van der Waals surface area contributed by atoms with Crippen molar-refractivity contribution in [1.82, 2.24) is 14.7 Å². The Morgan fingerprint density at radius 3 is 2.88 bits per heavy atom. The van der Waals surface area contributed by atoms with Crippen LogP contribution in [0.3, 0.4) is 0 Å². The van der Waals surface area contributed by atoms with Crippen LogP contribution in [0.15, 0.2) is 36.5 Å². The Labute approximate surface area is 140 Å². The predicted molar refractivity (Wildman–Crippen MR) is 88.5 cm³/mol. The molecule has 1 aromatic carbocycles. The third kappa shape index (κ3) is 2.62. The highest BCUT2D eigenvalue weighted by Gasteiger charge is 2.48. The summed E-state index contributed by atoms with van der Waals surface area (Å²) < 4.78 is 7.57. The van der Waals surface area contributed by atoms with Gasteiger partial charge in [-0.05, 0) is 32.0 Å². The molecule has 3 rings (SSSR count). The summed E-state index contributed by atoms with van der Waals surface area (Å²) in [4.78, 5) is 26.8. The average Bonchev–Trinajstić information content (AvgIpc) is 3.02. The van der Waals surface area contributed by atoms with E-state index in [0.29, 0.717) is 24.5 Å². The number of hydrogen-bond acceptors (Lipinski definition) is 4. The number of rotatable bonds is 4. The van der Waals surface area contributed by atoms with E-state index in [9.17, 15) is 9.59 Å². The summed E-state index contributed by atoms with van der Waals surface area (Å²) in [6, 6.07) is 8.91. The number of hydrogen-bond donors (Lipinski definition) is 1. The molecule has 0 radical (unpaired) electrons. The van der Waals surface area contributed by atoms with Gasteiger partial charge >= 0.3 is 0 Å². The van der Waals surface area contributed by atoms with Crippen molar-refractivity contribution in [3.63, 3.8) is 0 Å². The van der Waals surface area contributed by atoms with Gasteiger partial charge in [-0.1, -0.05) is 12.1 Å². The molecule has 1 N–H and O–H groups in total. The van der Waals surface area contributed by atoms with Crippen LogP contribution in [-0.4, -0.2) is 39.1 Å². The second kappa shape index (κ2) is 5.99. The minimum absolute atomic E-state index is 0.348. The first kappa shape index (κ1) is 16.0. The number of likely N-dealkylation sites (N-methyl/N-ethyl adjacent to an activating group) is 1. The maximum atomic E-state index is 12.9. The standard InChI is InChI=1S/C17H20N4O3/c1-4-21-12(9-10-18-21)11-20(3)16(23)17(2)15(22)19-13-7-5-6-8-14(13)24-17/h5-10H,4,11H2,1-3H3,(H,19,22). The van der Waals surface area contributed by atoms with Gasteiger partial charge in [-0.2, -0.15) is 5.10 Å². The summed E-state index contributed by atoms with van der Waals surface area (Å²) in [5.41, 5.74) is -0.131. The number of nitrogens with one attached hydrogen (secondary N) is 1. The lowest BCUT2D eigenvalue weighted by molar-refractivity contribution is -0.154. The maximum Gasteiger partial charge on any atom is 0.278 e. The molecule has 7 heteroatoms. The van der Waals surface area contributed by atoms with Crippen LogP contribution in [0.1, 0.15) is 19.5 Å². The van der Waals surface area contributed by atoms with Crippen LogP contribution in [0.4, 0.5) is 5.69 Å². The van der Waals surface area contributed by atoms with E-state index in [4.69, 9.17) is 4.74 Å². The van der Waals surface area contributed by atoms with Gasteiger partial charge in [0.1, 0.15) is 5.75 Å². The zero-order valence-electron chi connectivity index (χ0n) is 13.9. The quantitative estimate of drug-likeness (QED) is 0.866. The molecule has 2 aromatic rings. The molecule has 0 fully saturated rings. The predicted octanol–water partition coefficient (Wildman–Crippen LogP) is 1.65. The fourth-order valence-corrected chi connectivity index (χ4v) is 2.77. The van der Waals surface area contributed by atoms with E-state index in [1.807, 2.05) is 17.7 Å². The number of aromatic nitrogens is 2. The third-order valence-electron chi connectivity index (χ3n) is 4.14. The second-order valence-corrected chi connectivity index (χ2v) is 5.89. The molecule has 0 bridgehead atoms. The van der Waals surface area contributed by atoms with E-state index in [1.165, 1.54) is 11.8 Å². The van der Waals surface area contributed by atoms with Crippen LogP contribution in [-0.2, 0) is 22.7 Å². The molecule has 2 amide bonds. The number of carbonyl (C=O) groups excluding carboxylic acids is 2. The van der Waals surface area contributed by atoms with Gasteiger partial charge in [-0.15, -0.1) is 0 Å². The van der Waals surface area contributed by atoms with Crippen molar-refractivity contribution in [2.24, 2.45) is 0 Å². The van der Waals surface area contributed by atoms with Gasteiger partial charge < -0.3 is 15.0 Å². The zero-order chi connectivity index (χ0) is 17.3. The van der Waals surface area contributed by atoms with Crippen LogP contribution < -0.4 is 10.1 Å². The van der Waals surface area contributed by atoms with E-state index in [0.717, 1.165) is 5.69 Å². The lowest BCUT2D eigenvalue weighted by atomic mass is 10.0. The fourth-order valence-electron chi connectivity index (χ4n) is 2.77. The van der Waals surface area contributed by atoms with Gasteiger partial charge in [0.15, 0.2) is 0 Å². The number of aryl methyl sites for hydroxylation is 1.